The van der Waals surface area contributed by atoms with Gasteiger partial charge in [0, 0.05) is 4.83 Å². The summed E-state index contributed by atoms with van der Waals surface area (Å²) in [7, 11) is 1.71. The number of halogens is 1. The van der Waals surface area contributed by atoms with Crippen molar-refractivity contribution in [3.05, 3.63) is 29.8 Å². The summed E-state index contributed by atoms with van der Waals surface area (Å²) in [4.78, 5) is 0.685. The average molecular weight is 269 g/mol. The molecule has 1 aliphatic carbocycles. The zero-order chi connectivity index (χ0) is 10.8. The lowest BCUT2D eigenvalue weighted by Gasteiger charge is -2.17. The number of methoxy groups -OCH3 is 1. The van der Waals surface area contributed by atoms with Gasteiger partial charge in [0.05, 0.1) is 7.11 Å². The van der Waals surface area contributed by atoms with Gasteiger partial charge in [0.2, 0.25) is 0 Å². The Hall–Kier alpha value is -0.500. The molecule has 1 saturated carbocycles. The summed E-state index contributed by atoms with van der Waals surface area (Å²) >= 11 is 3.74. The molecule has 1 nitrogen and oxygen atoms in total. The lowest BCUT2D eigenvalue weighted by atomic mass is 9.90. The van der Waals surface area contributed by atoms with Crippen molar-refractivity contribution < 1.29 is 4.74 Å². The SMILES string of the molecule is COc1ccc(C2CCC(Br)C2C)cc1. The summed E-state index contributed by atoms with van der Waals surface area (Å²) in [6.07, 6.45) is 2.58. The van der Waals surface area contributed by atoms with Crippen LogP contribution >= 0.6 is 15.9 Å². The number of rotatable bonds is 2. The Morgan fingerprint density at radius 2 is 1.87 bits per heavy atom. The third-order valence-corrected chi connectivity index (χ3v) is 4.79. The topological polar surface area (TPSA) is 9.23 Å². The fourth-order valence-corrected chi connectivity index (χ4v) is 3.07. The second-order valence-electron chi connectivity index (χ2n) is 4.33. The van der Waals surface area contributed by atoms with Crippen molar-refractivity contribution in [2.24, 2.45) is 5.92 Å². The average Bonchev–Trinajstić information content (AvgIpc) is 2.60. The third-order valence-electron chi connectivity index (χ3n) is 3.50. The Morgan fingerprint density at radius 1 is 1.20 bits per heavy atom. The molecule has 0 aromatic heterocycles. The fourth-order valence-electron chi connectivity index (χ4n) is 2.44. The molecule has 15 heavy (non-hydrogen) atoms. The van der Waals surface area contributed by atoms with Gasteiger partial charge < -0.3 is 4.74 Å². The van der Waals surface area contributed by atoms with Crippen LogP contribution in [0.15, 0.2) is 24.3 Å². The molecular weight excluding hydrogens is 252 g/mol. The second kappa shape index (κ2) is 4.56. The van der Waals surface area contributed by atoms with E-state index in [4.69, 9.17) is 4.74 Å². The first-order valence-electron chi connectivity index (χ1n) is 5.50. The smallest absolute Gasteiger partial charge is 0.118 e. The van der Waals surface area contributed by atoms with E-state index < -0.39 is 0 Å². The van der Waals surface area contributed by atoms with Crippen molar-refractivity contribution in [3.63, 3.8) is 0 Å². The van der Waals surface area contributed by atoms with Gasteiger partial charge in [-0.05, 0) is 42.4 Å². The van der Waals surface area contributed by atoms with Gasteiger partial charge >= 0.3 is 0 Å². The van der Waals surface area contributed by atoms with Gasteiger partial charge in [-0.15, -0.1) is 0 Å². The largest absolute Gasteiger partial charge is 0.497 e. The minimum atomic E-state index is 0.685. The first-order valence-corrected chi connectivity index (χ1v) is 6.42. The summed E-state index contributed by atoms with van der Waals surface area (Å²) in [5.74, 6) is 2.39. The van der Waals surface area contributed by atoms with E-state index in [1.165, 1.54) is 18.4 Å². The molecule has 0 radical (unpaired) electrons. The number of ether oxygens (including phenoxy) is 1. The van der Waals surface area contributed by atoms with Crippen LogP contribution in [0.5, 0.6) is 5.75 Å². The van der Waals surface area contributed by atoms with E-state index in [1.807, 2.05) is 0 Å². The number of hydrogen-bond acceptors (Lipinski definition) is 1. The van der Waals surface area contributed by atoms with Gasteiger partial charge in [0.25, 0.3) is 0 Å². The minimum absolute atomic E-state index is 0.685. The Labute approximate surface area is 100.0 Å². The fraction of sp³-hybridized carbons (Fsp3) is 0.538. The Balaban J connectivity index is 2.16. The minimum Gasteiger partial charge on any atom is -0.497 e. The van der Waals surface area contributed by atoms with E-state index in [0.717, 1.165) is 11.7 Å². The molecule has 0 amide bonds. The highest BCUT2D eigenvalue weighted by molar-refractivity contribution is 9.09. The highest BCUT2D eigenvalue weighted by Crippen LogP contribution is 2.43. The summed E-state index contributed by atoms with van der Waals surface area (Å²) in [6.45, 7) is 2.33. The number of benzene rings is 1. The van der Waals surface area contributed by atoms with Gasteiger partial charge in [-0.25, -0.2) is 0 Å². The lowest BCUT2D eigenvalue weighted by molar-refractivity contribution is 0.414. The van der Waals surface area contributed by atoms with Crippen molar-refractivity contribution in [2.75, 3.05) is 7.11 Å². The van der Waals surface area contributed by atoms with E-state index in [2.05, 4.69) is 47.1 Å². The van der Waals surface area contributed by atoms with Gasteiger partial charge in [-0.2, -0.15) is 0 Å². The lowest BCUT2D eigenvalue weighted by Crippen LogP contribution is -2.08. The van der Waals surface area contributed by atoms with Crippen LogP contribution in [-0.4, -0.2) is 11.9 Å². The van der Waals surface area contributed by atoms with E-state index >= 15 is 0 Å². The molecule has 1 aromatic rings. The zero-order valence-corrected chi connectivity index (χ0v) is 10.8. The Bertz CT molecular complexity index is 320. The van der Waals surface area contributed by atoms with Gasteiger partial charge in [-0.1, -0.05) is 35.0 Å². The maximum Gasteiger partial charge on any atom is 0.118 e. The molecule has 2 rings (SSSR count). The molecule has 1 aliphatic rings. The van der Waals surface area contributed by atoms with Crippen LogP contribution < -0.4 is 4.74 Å². The van der Waals surface area contributed by atoms with Crippen molar-refractivity contribution in [3.8, 4) is 5.75 Å². The van der Waals surface area contributed by atoms with Crippen molar-refractivity contribution in [1.29, 1.82) is 0 Å². The number of hydrogen-bond donors (Lipinski definition) is 0. The van der Waals surface area contributed by atoms with E-state index in [-0.39, 0.29) is 0 Å². The molecule has 0 saturated heterocycles. The molecule has 1 aromatic carbocycles. The summed E-state index contributed by atoms with van der Waals surface area (Å²) in [5, 5.41) is 0. The van der Waals surface area contributed by atoms with Crippen molar-refractivity contribution >= 4 is 15.9 Å². The molecular formula is C13H17BrO. The first-order chi connectivity index (χ1) is 7.22. The molecule has 0 aliphatic heterocycles. The molecule has 0 bridgehead atoms. The van der Waals surface area contributed by atoms with Gasteiger partial charge in [-0.3, -0.25) is 0 Å². The highest BCUT2D eigenvalue weighted by atomic mass is 79.9. The van der Waals surface area contributed by atoms with Gasteiger partial charge in [0.15, 0.2) is 0 Å². The predicted molar refractivity (Wildman–Crippen MR) is 66.8 cm³/mol. The van der Waals surface area contributed by atoms with E-state index in [1.54, 1.807) is 7.11 Å². The van der Waals surface area contributed by atoms with Crippen LogP contribution in [0.1, 0.15) is 31.2 Å². The maximum atomic E-state index is 5.17. The molecule has 3 atom stereocenters. The standard InChI is InChI=1S/C13H17BrO/c1-9-12(7-8-13(9)14)10-3-5-11(15-2)6-4-10/h3-6,9,12-13H,7-8H2,1-2H3. The summed E-state index contributed by atoms with van der Waals surface area (Å²) in [6, 6.07) is 8.52. The highest BCUT2D eigenvalue weighted by Gasteiger charge is 2.31. The summed E-state index contributed by atoms with van der Waals surface area (Å²) < 4.78 is 5.17. The van der Waals surface area contributed by atoms with Crippen LogP contribution in [0.25, 0.3) is 0 Å². The maximum absolute atomic E-state index is 5.17. The van der Waals surface area contributed by atoms with E-state index in [9.17, 15) is 0 Å². The Kier molecular flexibility index (Phi) is 3.35. The monoisotopic (exact) mass is 268 g/mol. The van der Waals surface area contributed by atoms with Crippen molar-refractivity contribution in [2.45, 2.75) is 30.5 Å². The van der Waals surface area contributed by atoms with Crippen LogP contribution in [0.2, 0.25) is 0 Å². The van der Waals surface area contributed by atoms with Crippen LogP contribution in [0, 0.1) is 5.92 Å². The normalized spacial score (nSPS) is 30.5. The van der Waals surface area contributed by atoms with Crippen LogP contribution in [-0.2, 0) is 0 Å². The third kappa shape index (κ3) is 2.20. The first kappa shape index (κ1) is 11.0. The van der Waals surface area contributed by atoms with Crippen LogP contribution in [0.3, 0.4) is 0 Å². The molecule has 2 heteroatoms. The van der Waals surface area contributed by atoms with Gasteiger partial charge in [0.1, 0.15) is 5.75 Å². The molecule has 0 heterocycles. The molecule has 0 N–H and O–H groups in total. The summed E-state index contributed by atoms with van der Waals surface area (Å²) in [5.41, 5.74) is 1.45. The predicted octanol–water partition coefficient (Wildman–Crippen LogP) is 3.97. The van der Waals surface area contributed by atoms with Crippen molar-refractivity contribution in [1.82, 2.24) is 0 Å². The zero-order valence-electron chi connectivity index (χ0n) is 9.24. The van der Waals surface area contributed by atoms with Crippen LogP contribution in [0.4, 0.5) is 0 Å². The second-order valence-corrected chi connectivity index (χ2v) is 5.51. The van der Waals surface area contributed by atoms with E-state index in [0.29, 0.717) is 10.7 Å². The molecule has 82 valence electrons. The molecule has 1 fully saturated rings. The Morgan fingerprint density at radius 3 is 2.33 bits per heavy atom. The quantitative estimate of drug-likeness (QED) is 0.738. The molecule has 3 unspecified atom stereocenters. The number of alkyl halides is 1. The molecule has 0 spiro atoms.